The van der Waals surface area contributed by atoms with E-state index in [9.17, 15) is 8.42 Å². The van der Waals surface area contributed by atoms with Crippen LogP contribution in [0.15, 0.2) is 0 Å². The minimum Gasteiger partial charge on any atom is -0.211 e. The van der Waals surface area contributed by atoms with Gasteiger partial charge in [-0.05, 0) is 37.5 Å². The lowest BCUT2D eigenvalue weighted by Gasteiger charge is -2.44. The van der Waals surface area contributed by atoms with Gasteiger partial charge in [0.2, 0.25) is 10.0 Å². The molecular weight excluding hydrogens is 260 g/mol. The van der Waals surface area contributed by atoms with Crippen LogP contribution in [-0.2, 0) is 10.0 Å². The Labute approximate surface area is 116 Å². The van der Waals surface area contributed by atoms with Gasteiger partial charge in [0.15, 0.2) is 5.25 Å². The van der Waals surface area contributed by atoms with Crippen molar-refractivity contribution in [3.05, 3.63) is 0 Å². The Hall–Kier alpha value is -0.600. The van der Waals surface area contributed by atoms with E-state index in [0.717, 1.165) is 12.8 Å². The first kappa shape index (κ1) is 14.8. The highest BCUT2D eigenvalue weighted by atomic mass is 32.2. The van der Waals surface area contributed by atoms with Gasteiger partial charge < -0.3 is 0 Å². The van der Waals surface area contributed by atoms with Crippen LogP contribution < -0.4 is 0 Å². The van der Waals surface area contributed by atoms with Gasteiger partial charge in [-0.15, -0.1) is 0 Å². The van der Waals surface area contributed by atoms with Crippen LogP contribution in [0.4, 0.5) is 0 Å². The van der Waals surface area contributed by atoms with E-state index in [1.54, 1.807) is 11.2 Å². The maximum Gasteiger partial charge on any atom is 0.230 e. The lowest BCUT2D eigenvalue weighted by atomic mass is 9.68. The van der Waals surface area contributed by atoms with Crippen LogP contribution >= 0.6 is 0 Å². The molecule has 2 rings (SSSR count). The van der Waals surface area contributed by atoms with Crippen molar-refractivity contribution >= 4 is 10.0 Å². The fraction of sp³-hybridized carbons (Fsp3) is 0.929. The molecule has 2 aliphatic rings. The predicted molar refractivity (Wildman–Crippen MR) is 74.9 cm³/mol. The molecule has 0 amide bonds. The highest BCUT2D eigenvalue weighted by molar-refractivity contribution is 7.90. The van der Waals surface area contributed by atoms with E-state index < -0.39 is 15.3 Å². The highest BCUT2D eigenvalue weighted by Crippen LogP contribution is 2.45. The van der Waals surface area contributed by atoms with Crippen molar-refractivity contribution in [1.29, 1.82) is 5.26 Å². The number of hydrogen-bond acceptors (Lipinski definition) is 3. The van der Waals surface area contributed by atoms with E-state index >= 15 is 0 Å². The molecule has 1 saturated heterocycles. The van der Waals surface area contributed by atoms with E-state index in [0.29, 0.717) is 24.9 Å². The molecule has 0 N–H and O–H groups in total. The summed E-state index contributed by atoms with van der Waals surface area (Å²) >= 11 is 0. The first-order valence-electron chi connectivity index (χ1n) is 7.43. The summed E-state index contributed by atoms with van der Waals surface area (Å²) in [5.74, 6) is 0. The van der Waals surface area contributed by atoms with Gasteiger partial charge >= 0.3 is 0 Å². The van der Waals surface area contributed by atoms with Crippen molar-refractivity contribution in [3.63, 3.8) is 0 Å². The average Bonchev–Trinajstić information content (AvgIpc) is 2.41. The number of sulfonamides is 1. The van der Waals surface area contributed by atoms with Crippen molar-refractivity contribution in [2.75, 3.05) is 13.1 Å². The fourth-order valence-corrected chi connectivity index (χ4v) is 5.17. The number of rotatable bonds is 3. The molecule has 1 saturated carbocycles. The summed E-state index contributed by atoms with van der Waals surface area (Å²) in [7, 11) is -3.41. The second-order valence-electron chi connectivity index (χ2n) is 6.03. The number of nitrogens with zero attached hydrogens (tertiary/aromatic N) is 2. The maximum atomic E-state index is 12.3. The average molecular weight is 284 g/mol. The molecule has 0 aromatic carbocycles. The van der Waals surface area contributed by atoms with Crippen LogP contribution in [0.5, 0.6) is 0 Å². The Morgan fingerprint density at radius 2 is 1.74 bits per heavy atom. The normalized spacial score (nSPS) is 25.9. The smallest absolute Gasteiger partial charge is 0.211 e. The van der Waals surface area contributed by atoms with Crippen LogP contribution in [0.2, 0.25) is 0 Å². The monoisotopic (exact) mass is 284 g/mol. The lowest BCUT2D eigenvalue weighted by molar-refractivity contribution is 0.102. The van der Waals surface area contributed by atoms with E-state index in [4.69, 9.17) is 5.26 Å². The molecule has 5 heteroatoms. The minimum absolute atomic E-state index is 0.375. The minimum atomic E-state index is -3.41. The maximum absolute atomic E-state index is 12.3. The van der Waals surface area contributed by atoms with Gasteiger partial charge in [-0.1, -0.05) is 26.2 Å². The van der Waals surface area contributed by atoms with Crippen molar-refractivity contribution < 1.29 is 8.42 Å². The molecule has 108 valence electrons. The summed E-state index contributed by atoms with van der Waals surface area (Å²) < 4.78 is 26.2. The first-order chi connectivity index (χ1) is 9.04. The summed E-state index contributed by atoms with van der Waals surface area (Å²) in [6.07, 6.45) is 8.77. The third-order valence-electron chi connectivity index (χ3n) is 4.93. The van der Waals surface area contributed by atoms with Crippen LogP contribution in [0.3, 0.4) is 0 Å². The molecule has 2 fully saturated rings. The molecule has 1 heterocycles. The molecule has 0 bridgehead atoms. The van der Waals surface area contributed by atoms with Gasteiger partial charge in [-0.25, -0.2) is 12.7 Å². The highest BCUT2D eigenvalue weighted by Gasteiger charge is 2.40. The van der Waals surface area contributed by atoms with Gasteiger partial charge in [-0.2, -0.15) is 5.26 Å². The summed E-state index contributed by atoms with van der Waals surface area (Å²) in [4.78, 5) is 0. The topological polar surface area (TPSA) is 61.2 Å². The quantitative estimate of drug-likeness (QED) is 0.800. The number of piperidine rings is 1. The van der Waals surface area contributed by atoms with E-state index in [1.807, 2.05) is 6.07 Å². The predicted octanol–water partition coefficient (Wildman–Crippen LogP) is 2.66. The van der Waals surface area contributed by atoms with Crippen LogP contribution in [-0.4, -0.2) is 31.1 Å². The Morgan fingerprint density at radius 3 is 2.21 bits per heavy atom. The summed E-state index contributed by atoms with van der Waals surface area (Å²) in [5.41, 5.74) is 0.401. The van der Waals surface area contributed by atoms with Crippen molar-refractivity contribution in [2.45, 2.75) is 63.5 Å². The van der Waals surface area contributed by atoms with Gasteiger partial charge in [0.05, 0.1) is 6.07 Å². The molecule has 19 heavy (non-hydrogen) atoms. The van der Waals surface area contributed by atoms with E-state index in [1.165, 1.54) is 32.1 Å². The van der Waals surface area contributed by atoms with Crippen LogP contribution in [0, 0.1) is 16.7 Å². The zero-order chi connectivity index (χ0) is 13.9. The van der Waals surface area contributed by atoms with Crippen LogP contribution in [0.25, 0.3) is 0 Å². The number of hydrogen-bond donors (Lipinski definition) is 0. The van der Waals surface area contributed by atoms with Crippen molar-refractivity contribution in [3.8, 4) is 6.07 Å². The zero-order valence-electron chi connectivity index (χ0n) is 11.8. The molecule has 4 nitrogen and oxygen atoms in total. The summed E-state index contributed by atoms with van der Waals surface area (Å²) in [5, 5.41) is 8.11. The SMILES string of the molecule is CCC(C#N)S(=O)(=O)N1CCC2(CCCCC2)CC1. The Morgan fingerprint density at radius 1 is 1.16 bits per heavy atom. The van der Waals surface area contributed by atoms with E-state index in [-0.39, 0.29) is 0 Å². The van der Waals surface area contributed by atoms with Crippen LogP contribution in [0.1, 0.15) is 58.3 Å². The molecule has 1 atom stereocenters. The molecule has 1 unspecified atom stereocenters. The second kappa shape index (κ2) is 5.80. The summed E-state index contributed by atoms with van der Waals surface area (Å²) in [6, 6.07) is 1.93. The molecule has 1 aliphatic heterocycles. The molecule has 0 aromatic rings. The van der Waals surface area contributed by atoms with Crippen molar-refractivity contribution in [1.82, 2.24) is 4.31 Å². The summed E-state index contributed by atoms with van der Waals surface area (Å²) in [6.45, 7) is 2.99. The van der Waals surface area contributed by atoms with Gasteiger partial charge in [0.25, 0.3) is 0 Å². The number of nitriles is 1. The molecule has 1 aliphatic carbocycles. The molecule has 1 spiro atoms. The Bertz CT molecular complexity index is 437. The second-order valence-corrected chi connectivity index (χ2v) is 8.15. The Balaban J connectivity index is 2.01. The molecular formula is C14H24N2O2S. The van der Waals surface area contributed by atoms with Gasteiger partial charge in [0.1, 0.15) is 0 Å². The molecule has 0 radical (unpaired) electrons. The molecule has 0 aromatic heterocycles. The lowest BCUT2D eigenvalue weighted by Crippen LogP contribution is -2.46. The zero-order valence-corrected chi connectivity index (χ0v) is 12.6. The fourth-order valence-electron chi connectivity index (χ4n) is 3.57. The van der Waals surface area contributed by atoms with E-state index in [2.05, 4.69) is 0 Å². The largest absolute Gasteiger partial charge is 0.230 e. The van der Waals surface area contributed by atoms with Crippen molar-refractivity contribution in [2.24, 2.45) is 5.41 Å². The third kappa shape index (κ3) is 2.95. The third-order valence-corrected chi connectivity index (χ3v) is 7.17. The standard InChI is InChI=1S/C14H24N2O2S/c1-2-13(12-15)19(17,18)16-10-8-14(9-11-16)6-4-3-5-7-14/h13H,2-11H2,1H3. The first-order valence-corrected chi connectivity index (χ1v) is 8.93. The van der Waals surface area contributed by atoms with Gasteiger partial charge in [0, 0.05) is 13.1 Å². The Kier molecular flexibility index (Phi) is 4.52. The van der Waals surface area contributed by atoms with Gasteiger partial charge in [-0.3, -0.25) is 0 Å².